The van der Waals surface area contributed by atoms with Gasteiger partial charge < -0.3 is 9.67 Å². The molecule has 0 amide bonds. The fourth-order valence-electron chi connectivity index (χ4n) is 6.63. The molecule has 0 saturated heterocycles. The number of aromatic carboxylic acids is 1. The Bertz CT molecular complexity index is 2480. The van der Waals surface area contributed by atoms with Gasteiger partial charge in [0.05, 0.1) is 22.2 Å². The zero-order valence-corrected chi connectivity index (χ0v) is 26.0. The topological polar surface area (TPSA) is 112 Å². The van der Waals surface area contributed by atoms with Crippen molar-refractivity contribution in [2.75, 3.05) is 6.54 Å². The SMILES string of the molecule is CCn1c(=C/C=C(/C=C/C2=[N+](CC)c3cccc4cccc2c34)c2ccc(C(=O)O)cn2)c2cccc3c(S(=O)(=O)O)ccc1c32. The Morgan fingerprint density at radius 1 is 0.935 bits per heavy atom. The average molecular weight is 629 g/mol. The van der Waals surface area contributed by atoms with E-state index in [0.717, 1.165) is 50.7 Å². The van der Waals surface area contributed by atoms with Crippen molar-refractivity contribution < 1.29 is 27.4 Å². The molecule has 228 valence electrons. The van der Waals surface area contributed by atoms with Crippen LogP contribution in [0.4, 0.5) is 5.69 Å². The van der Waals surface area contributed by atoms with Crippen LogP contribution in [0, 0.1) is 0 Å². The number of allylic oxidation sites excluding steroid dienone is 4. The quantitative estimate of drug-likeness (QED) is 0.111. The summed E-state index contributed by atoms with van der Waals surface area (Å²) in [6.45, 7) is 5.54. The third kappa shape index (κ3) is 4.72. The molecule has 0 bridgehead atoms. The summed E-state index contributed by atoms with van der Waals surface area (Å²) in [5.41, 5.74) is 5.66. The predicted molar refractivity (Wildman–Crippen MR) is 181 cm³/mol. The lowest BCUT2D eigenvalue weighted by Crippen LogP contribution is -2.14. The van der Waals surface area contributed by atoms with E-state index in [9.17, 15) is 22.9 Å². The standard InChI is InChI=1S/C37H29N3O5S/c1-3-39-30(26-10-5-8-24-9-6-13-32(39)35(24)26)18-15-23(29-17-14-25(22-38-29)37(41)42)16-19-31-27-11-7-12-28-34(46(43,44)45)21-20-33(36(27)28)40(31)4-2/h5-22H,3-4H2,1-2H3,(H-,41,42,43,44,45)/p+1. The highest BCUT2D eigenvalue weighted by Gasteiger charge is 2.29. The van der Waals surface area contributed by atoms with Gasteiger partial charge in [-0.2, -0.15) is 13.0 Å². The highest BCUT2D eigenvalue weighted by molar-refractivity contribution is 7.86. The molecule has 9 heteroatoms. The molecule has 0 saturated carbocycles. The number of carboxylic acids is 1. The van der Waals surface area contributed by atoms with Gasteiger partial charge in [0.2, 0.25) is 11.4 Å². The van der Waals surface area contributed by atoms with Gasteiger partial charge in [-0.1, -0.05) is 48.5 Å². The van der Waals surface area contributed by atoms with E-state index in [0.29, 0.717) is 17.6 Å². The summed E-state index contributed by atoms with van der Waals surface area (Å²) in [6, 6.07) is 24.5. The van der Waals surface area contributed by atoms with E-state index in [1.807, 2.05) is 31.2 Å². The van der Waals surface area contributed by atoms with Crippen molar-refractivity contribution in [3.05, 3.63) is 125 Å². The van der Waals surface area contributed by atoms with Gasteiger partial charge in [0, 0.05) is 57.5 Å². The van der Waals surface area contributed by atoms with Crippen LogP contribution in [0.1, 0.15) is 35.5 Å². The molecule has 7 rings (SSSR count). The maximum Gasteiger partial charge on any atom is 0.337 e. The van der Waals surface area contributed by atoms with E-state index < -0.39 is 16.1 Å². The number of rotatable bonds is 8. The van der Waals surface area contributed by atoms with E-state index in [1.165, 1.54) is 23.0 Å². The number of nitrogens with zero attached hydrogens (tertiary/aromatic N) is 3. The first-order valence-corrected chi connectivity index (χ1v) is 16.4. The molecule has 0 spiro atoms. The van der Waals surface area contributed by atoms with Gasteiger partial charge in [-0.15, -0.1) is 0 Å². The second kappa shape index (κ2) is 11.2. The molecule has 0 fully saturated rings. The maximum absolute atomic E-state index is 12.2. The van der Waals surface area contributed by atoms with Crippen LogP contribution < -0.4 is 5.35 Å². The smallest absolute Gasteiger partial charge is 0.337 e. The lowest BCUT2D eigenvalue weighted by atomic mass is 10.0. The molecule has 2 aromatic heterocycles. The number of hydrogen-bond acceptors (Lipinski definition) is 4. The molecule has 1 aliphatic heterocycles. The molecule has 6 aromatic rings. The van der Waals surface area contributed by atoms with Crippen molar-refractivity contribution in [3.63, 3.8) is 0 Å². The van der Waals surface area contributed by atoms with Gasteiger partial charge in [-0.3, -0.25) is 9.54 Å². The van der Waals surface area contributed by atoms with Crippen LogP contribution in [0.5, 0.6) is 0 Å². The lowest BCUT2D eigenvalue weighted by molar-refractivity contribution is -0.430. The Labute approximate surface area is 265 Å². The minimum atomic E-state index is -4.42. The van der Waals surface area contributed by atoms with Crippen LogP contribution in [-0.4, -0.2) is 50.4 Å². The van der Waals surface area contributed by atoms with E-state index in [1.54, 1.807) is 30.3 Å². The maximum atomic E-state index is 12.2. The first-order valence-electron chi connectivity index (χ1n) is 15.0. The van der Waals surface area contributed by atoms with E-state index >= 15 is 0 Å². The molecule has 1 aliphatic rings. The zero-order valence-electron chi connectivity index (χ0n) is 25.2. The minimum absolute atomic E-state index is 0.0969. The van der Waals surface area contributed by atoms with Gasteiger partial charge >= 0.3 is 5.97 Å². The summed E-state index contributed by atoms with van der Waals surface area (Å²) < 4.78 is 38.6. The largest absolute Gasteiger partial charge is 0.478 e. The van der Waals surface area contributed by atoms with Gasteiger partial charge in [-0.05, 0) is 61.7 Å². The molecule has 46 heavy (non-hydrogen) atoms. The normalized spacial score (nSPS) is 14.2. The monoisotopic (exact) mass is 628 g/mol. The number of pyridine rings is 1. The molecule has 0 atom stereocenters. The van der Waals surface area contributed by atoms with Gasteiger partial charge in [-0.25, -0.2) is 4.79 Å². The number of aromatic nitrogens is 2. The van der Waals surface area contributed by atoms with E-state index in [-0.39, 0.29) is 10.5 Å². The first-order chi connectivity index (χ1) is 22.2. The van der Waals surface area contributed by atoms with Crippen molar-refractivity contribution in [2.45, 2.75) is 25.3 Å². The lowest BCUT2D eigenvalue weighted by Gasteiger charge is -2.05. The third-order valence-corrected chi connectivity index (χ3v) is 9.55. The number of aryl methyl sites for hydroxylation is 1. The fourth-order valence-corrected chi connectivity index (χ4v) is 7.32. The van der Waals surface area contributed by atoms with Gasteiger partial charge in [0.1, 0.15) is 11.4 Å². The highest BCUT2D eigenvalue weighted by Crippen LogP contribution is 2.36. The van der Waals surface area contributed by atoms with E-state index in [2.05, 4.69) is 63.5 Å². The summed E-state index contributed by atoms with van der Waals surface area (Å²) in [5, 5.41) is 14.8. The number of benzene rings is 4. The predicted octanol–water partition coefficient (Wildman–Crippen LogP) is 6.61. The second-order valence-corrected chi connectivity index (χ2v) is 12.5. The average Bonchev–Trinajstić information content (AvgIpc) is 3.54. The number of carboxylic acid groups (broad SMARTS) is 1. The molecule has 4 aromatic carbocycles. The number of carbonyl (C=O) groups is 1. The molecule has 3 heterocycles. The van der Waals surface area contributed by atoms with Crippen LogP contribution in [0.25, 0.3) is 44.1 Å². The van der Waals surface area contributed by atoms with Crippen molar-refractivity contribution in [1.82, 2.24) is 9.55 Å². The molecular weight excluding hydrogens is 598 g/mol. The summed E-state index contributed by atoms with van der Waals surface area (Å²) in [4.78, 5) is 15.9. The highest BCUT2D eigenvalue weighted by atomic mass is 32.2. The second-order valence-electron chi connectivity index (χ2n) is 11.1. The Morgan fingerprint density at radius 2 is 1.70 bits per heavy atom. The van der Waals surface area contributed by atoms with Crippen molar-refractivity contribution in [2.24, 2.45) is 0 Å². The first kappa shape index (κ1) is 29.3. The summed E-state index contributed by atoms with van der Waals surface area (Å²) >= 11 is 0. The third-order valence-electron chi connectivity index (χ3n) is 8.63. The Balaban J connectivity index is 1.44. The molecular formula is C37H30N3O5S+. The van der Waals surface area contributed by atoms with Crippen molar-refractivity contribution >= 4 is 71.6 Å². The fraction of sp³-hybridized carbons (Fsp3) is 0.108. The van der Waals surface area contributed by atoms with Crippen LogP contribution in [0.15, 0.2) is 108 Å². The number of hydrogen-bond donors (Lipinski definition) is 2. The summed E-state index contributed by atoms with van der Waals surface area (Å²) in [5.74, 6) is -1.05. The molecule has 8 nitrogen and oxygen atoms in total. The summed E-state index contributed by atoms with van der Waals surface area (Å²) in [7, 11) is -4.42. The Morgan fingerprint density at radius 3 is 2.39 bits per heavy atom. The van der Waals surface area contributed by atoms with Crippen LogP contribution in [0.2, 0.25) is 0 Å². The molecule has 0 aliphatic carbocycles. The molecule has 0 radical (unpaired) electrons. The van der Waals surface area contributed by atoms with Crippen molar-refractivity contribution in [3.8, 4) is 0 Å². The van der Waals surface area contributed by atoms with E-state index in [4.69, 9.17) is 0 Å². The zero-order chi connectivity index (χ0) is 32.2. The Kier molecular flexibility index (Phi) is 7.15. The van der Waals surface area contributed by atoms with Gasteiger partial charge in [0.15, 0.2) is 0 Å². The molecule has 2 N–H and O–H groups in total. The summed E-state index contributed by atoms with van der Waals surface area (Å²) in [6.07, 6.45) is 9.36. The van der Waals surface area contributed by atoms with Crippen LogP contribution in [0.3, 0.4) is 0 Å². The van der Waals surface area contributed by atoms with Crippen LogP contribution >= 0.6 is 0 Å². The molecule has 0 unspecified atom stereocenters. The Hall–Kier alpha value is -5.38. The van der Waals surface area contributed by atoms with Gasteiger partial charge in [0.25, 0.3) is 10.1 Å². The van der Waals surface area contributed by atoms with Crippen molar-refractivity contribution in [1.29, 1.82) is 0 Å². The minimum Gasteiger partial charge on any atom is -0.478 e. The van der Waals surface area contributed by atoms with Crippen LogP contribution in [-0.2, 0) is 16.7 Å².